The number of fused-ring (bicyclic) bond motifs is 5. The third-order valence-corrected chi connectivity index (χ3v) is 6.25. The van der Waals surface area contributed by atoms with Crippen molar-refractivity contribution in [3.05, 3.63) is 126 Å². The normalized spacial score (nSPS) is 15.7. The van der Waals surface area contributed by atoms with Crippen molar-refractivity contribution >= 4 is 39.3 Å². The maximum absolute atomic E-state index is 5.08. The maximum atomic E-state index is 5.08. The highest BCUT2D eigenvalue weighted by molar-refractivity contribution is 6.13. The van der Waals surface area contributed by atoms with Crippen molar-refractivity contribution in [2.75, 3.05) is 0 Å². The summed E-state index contributed by atoms with van der Waals surface area (Å²) in [5.41, 5.74) is 5.65. The Hall–Kier alpha value is -4.84. The first-order valence-corrected chi connectivity index (χ1v) is 11.5. The molecule has 6 aromatic rings. The molecule has 0 fully saturated rings. The number of nitrogens with one attached hydrogen (secondary N) is 1. The van der Waals surface area contributed by atoms with Crippen LogP contribution >= 0.6 is 0 Å². The van der Waals surface area contributed by atoms with Crippen molar-refractivity contribution in [1.82, 2.24) is 19.7 Å². The lowest BCUT2D eigenvalue weighted by atomic mass is 10.1. The molecule has 3 heterocycles. The van der Waals surface area contributed by atoms with Gasteiger partial charge in [-0.2, -0.15) is 0 Å². The largest absolute Gasteiger partial charge is 0.342 e. The SMILES string of the molecule is c1ccc(C2=NC(c3ccccc3)NC(c3nc4ccccc4c4nc5ccccc5n34)=N2)cc1. The smallest absolute Gasteiger partial charge is 0.182 e. The summed E-state index contributed by atoms with van der Waals surface area (Å²) in [7, 11) is 0. The first-order chi connectivity index (χ1) is 17.3. The van der Waals surface area contributed by atoms with E-state index in [4.69, 9.17) is 20.0 Å². The number of imidazole rings is 1. The number of aliphatic imine (C=N–C) groups is 2. The van der Waals surface area contributed by atoms with Crippen molar-refractivity contribution in [2.45, 2.75) is 6.17 Å². The Balaban J connectivity index is 1.51. The van der Waals surface area contributed by atoms with Gasteiger partial charge in [-0.3, -0.25) is 4.40 Å². The van der Waals surface area contributed by atoms with E-state index < -0.39 is 0 Å². The van der Waals surface area contributed by atoms with Gasteiger partial charge in [-0.25, -0.2) is 20.0 Å². The summed E-state index contributed by atoms with van der Waals surface area (Å²) in [5.74, 6) is 2.03. The van der Waals surface area contributed by atoms with Crippen molar-refractivity contribution in [3.63, 3.8) is 0 Å². The van der Waals surface area contributed by atoms with E-state index in [2.05, 4.69) is 34.0 Å². The van der Waals surface area contributed by atoms with Gasteiger partial charge in [0.05, 0.1) is 16.6 Å². The molecule has 0 saturated carbocycles. The molecule has 0 spiro atoms. The van der Waals surface area contributed by atoms with Gasteiger partial charge in [0.15, 0.2) is 17.5 Å². The van der Waals surface area contributed by atoms with Gasteiger partial charge >= 0.3 is 0 Å². The minimum Gasteiger partial charge on any atom is -0.342 e. The Bertz CT molecular complexity index is 1770. The van der Waals surface area contributed by atoms with Gasteiger partial charge in [0.2, 0.25) is 0 Å². The molecule has 2 aromatic heterocycles. The van der Waals surface area contributed by atoms with Crippen LogP contribution in [-0.4, -0.2) is 26.0 Å². The summed E-state index contributed by atoms with van der Waals surface area (Å²) >= 11 is 0. The van der Waals surface area contributed by atoms with Gasteiger partial charge in [-0.15, -0.1) is 0 Å². The van der Waals surface area contributed by atoms with Crippen molar-refractivity contribution in [1.29, 1.82) is 0 Å². The highest BCUT2D eigenvalue weighted by atomic mass is 15.2. The van der Waals surface area contributed by atoms with E-state index in [0.717, 1.165) is 38.7 Å². The molecule has 1 atom stereocenters. The Morgan fingerprint density at radius 3 is 2.17 bits per heavy atom. The second-order valence-electron chi connectivity index (χ2n) is 8.45. The van der Waals surface area contributed by atoms with E-state index in [0.29, 0.717) is 17.5 Å². The monoisotopic (exact) mass is 452 g/mol. The van der Waals surface area contributed by atoms with Gasteiger partial charge in [0.25, 0.3) is 0 Å². The molecular weight excluding hydrogens is 432 g/mol. The van der Waals surface area contributed by atoms with Gasteiger partial charge in [-0.1, -0.05) is 84.9 Å². The predicted molar refractivity (Wildman–Crippen MR) is 140 cm³/mol. The molecule has 6 heteroatoms. The molecule has 35 heavy (non-hydrogen) atoms. The van der Waals surface area contributed by atoms with Gasteiger partial charge < -0.3 is 5.32 Å². The average molecular weight is 453 g/mol. The summed E-state index contributed by atoms with van der Waals surface area (Å²) in [4.78, 5) is 20.0. The summed E-state index contributed by atoms with van der Waals surface area (Å²) in [6.45, 7) is 0. The summed E-state index contributed by atoms with van der Waals surface area (Å²) in [6, 6.07) is 36.5. The van der Waals surface area contributed by atoms with Crippen LogP contribution in [0.25, 0.3) is 27.6 Å². The van der Waals surface area contributed by atoms with E-state index in [-0.39, 0.29) is 6.17 Å². The predicted octanol–water partition coefficient (Wildman–Crippen LogP) is 5.53. The van der Waals surface area contributed by atoms with Crippen LogP contribution in [-0.2, 0) is 0 Å². The first kappa shape index (κ1) is 19.6. The van der Waals surface area contributed by atoms with Crippen LogP contribution < -0.4 is 5.32 Å². The number of rotatable bonds is 3. The second-order valence-corrected chi connectivity index (χ2v) is 8.45. The van der Waals surface area contributed by atoms with Crippen molar-refractivity contribution in [3.8, 4) is 0 Å². The number of amidine groups is 2. The molecule has 1 N–H and O–H groups in total. The third kappa shape index (κ3) is 3.27. The summed E-state index contributed by atoms with van der Waals surface area (Å²) < 4.78 is 2.10. The molecule has 7 rings (SSSR count). The molecule has 4 aromatic carbocycles. The van der Waals surface area contributed by atoms with Crippen LogP contribution in [0.4, 0.5) is 0 Å². The third-order valence-electron chi connectivity index (χ3n) is 6.25. The average Bonchev–Trinajstić information content (AvgIpc) is 3.33. The lowest BCUT2D eigenvalue weighted by molar-refractivity contribution is 0.670. The van der Waals surface area contributed by atoms with Crippen LogP contribution in [0.5, 0.6) is 0 Å². The Morgan fingerprint density at radius 2 is 1.34 bits per heavy atom. The zero-order valence-electron chi connectivity index (χ0n) is 18.7. The van der Waals surface area contributed by atoms with E-state index in [1.165, 1.54) is 0 Å². The zero-order valence-corrected chi connectivity index (χ0v) is 18.7. The highest BCUT2D eigenvalue weighted by Crippen LogP contribution is 2.27. The fourth-order valence-corrected chi connectivity index (χ4v) is 4.59. The second kappa shape index (κ2) is 7.88. The molecule has 0 saturated heterocycles. The molecule has 0 bridgehead atoms. The highest BCUT2D eigenvalue weighted by Gasteiger charge is 2.25. The van der Waals surface area contributed by atoms with Crippen LogP contribution in [0.1, 0.15) is 23.1 Å². The zero-order chi connectivity index (χ0) is 23.2. The number of hydrogen-bond donors (Lipinski definition) is 1. The molecule has 6 nitrogen and oxygen atoms in total. The van der Waals surface area contributed by atoms with E-state index in [9.17, 15) is 0 Å². The fraction of sp³-hybridized carbons (Fsp3) is 0.0345. The van der Waals surface area contributed by atoms with E-state index >= 15 is 0 Å². The molecule has 166 valence electrons. The lowest BCUT2D eigenvalue weighted by Gasteiger charge is -2.23. The maximum Gasteiger partial charge on any atom is 0.182 e. The Morgan fingerprint density at radius 1 is 0.657 bits per heavy atom. The van der Waals surface area contributed by atoms with Gasteiger partial charge in [0.1, 0.15) is 11.8 Å². The first-order valence-electron chi connectivity index (χ1n) is 11.5. The minimum absolute atomic E-state index is 0.294. The molecule has 1 unspecified atom stereocenters. The summed E-state index contributed by atoms with van der Waals surface area (Å²) in [5, 5.41) is 4.55. The molecule has 1 aliphatic rings. The summed E-state index contributed by atoms with van der Waals surface area (Å²) in [6.07, 6.45) is -0.294. The number of aromatic nitrogens is 3. The van der Waals surface area contributed by atoms with Crippen LogP contribution in [0.3, 0.4) is 0 Å². The van der Waals surface area contributed by atoms with E-state index in [1.54, 1.807) is 0 Å². The Labute approximate surface area is 201 Å². The number of benzene rings is 4. The Kier molecular flexibility index (Phi) is 4.42. The molecule has 1 aliphatic heterocycles. The lowest BCUT2D eigenvalue weighted by Crippen LogP contribution is -2.35. The van der Waals surface area contributed by atoms with E-state index in [1.807, 2.05) is 84.9 Å². The molecule has 0 amide bonds. The molecular formula is C29H20N6. The quantitative estimate of drug-likeness (QED) is 0.384. The number of para-hydroxylation sites is 3. The topological polar surface area (TPSA) is 66.9 Å². The number of nitrogens with zero attached hydrogens (tertiary/aromatic N) is 5. The standard InChI is InChI=1S/C29H20N6/c1-3-11-19(12-4-1)25-32-26(20-13-5-2-6-14-20)34-27(33-25)29-30-22-16-8-7-15-21(22)28-31-23-17-9-10-18-24(23)35(28)29/h1-18,25H,(H,32,33,34). The van der Waals surface area contributed by atoms with Gasteiger partial charge in [0, 0.05) is 10.9 Å². The number of hydrogen-bond acceptors (Lipinski definition) is 5. The molecule has 0 radical (unpaired) electrons. The van der Waals surface area contributed by atoms with Crippen LogP contribution in [0.2, 0.25) is 0 Å². The van der Waals surface area contributed by atoms with Crippen LogP contribution in [0, 0.1) is 0 Å². The fourth-order valence-electron chi connectivity index (χ4n) is 4.59. The van der Waals surface area contributed by atoms with Gasteiger partial charge in [-0.05, 0) is 29.8 Å². The van der Waals surface area contributed by atoms with Crippen LogP contribution in [0.15, 0.2) is 119 Å². The van der Waals surface area contributed by atoms with Crippen molar-refractivity contribution in [2.24, 2.45) is 9.98 Å². The minimum atomic E-state index is -0.294. The molecule has 0 aliphatic carbocycles. The van der Waals surface area contributed by atoms with Crippen molar-refractivity contribution < 1.29 is 0 Å².